The zero-order valence-electron chi connectivity index (χ0n) is 10.3. The Balaban J connectivity index is 1.87. The van der Waals surface area contributed by atoms with Crippen LogP contribution in [0.5, 0.6) is 0 Å². The van der Waals surface area contributed by atoms with Gasteiger partial charge in [0.05, 0.1) is 0 Å². The zero-order valence-corrected chi connectivity index (χ0v) is 10.3. The zero-order chi connectivity index (χ0) is 12.1. The van der Waals surface area contributed by atoms with Crippen molar-refractivity contribution in [1.29, 1.82) is 5.26 Å². The molecule has 3 heteroatoms. The first-order valence-electron chi connectivity index (χ1n) is 6.39. The molecule has 2 unspecified atom stereocenters. The van der Waals surface area contributed by atoms with Crippen molar-refractivity contribution < 1.29 is 0 Å². The SMILES string of the molecule is CC1CCCC(CNc2cccc(C#N)n2)C1. The van der Waals surface area contributed by atoms with E-state index >= 15 is 0 Å². The summed E-state index contributed by atoms with van der Waals surface area (Å²) in [6.45, 7) is 3.31. The molecule has 0 radical (unpaired) electrons. The van der Waals surface area contributed by atoms with Gasteiger partial charge in [0.25, 0.3) is 0 Å². The monoisotopic (exact) mass is 229 g/mol. The van der Waals surface area contributed by atoms with Crippen molar-refractivity contribution in [3.05, 3.63) is 23.9 Å². The molecule has 1 saturated carbocycles. The molecule has 0 aromatic carbocycles. The molecular weight excluding hydrogens is 210 g/mol. The summed E-state index contributed by atoms with van der Waals surface area (Å²) in [7, 11) is 0. The smallest absolute Gasteiger partial charge is 0.142 e. The Bertz CT molecular complexity index is 408. The molecule has 1 aliphatic rings. The Kier molecular flexibility index (Phi) is 3.98. The van der Waals surface area contributed by atoms with E-state index in [1.54, 1.807) is 6.07 Å². The van der Waals surface area contributed by atoms with Crippen molar-refractivity contribution in [3.8, 4) is 6.07 Å². The Hall–Kier alpha value is -1.56. The lowest BCUT2D eigenvalue weighted by atomic mass is 9.82. The van der Waals surface area contributed by atoms with Crippen LogP contribution in [0.1, 0.15) is 38.3 Å². The Morgan fingerprint density at radius 3 is 3.12 bits per heavy atom. The maximum absolute atomic E-state index is 8.77. The summed E-state index contributed by atoms with van der Waals surface area (Å²) in [5, 5.41) is 12.1. The van der Waals surface area contributed by atoms with Gasteiger partial charge >= 0.3 is 0 Å². The van der Waals surface area contributed by atoms with Gasteiger partial charge in [-0.05, 0) is 36.8 Å². The lowest BCUT2D eigenvalue weighted by molar-refractivity contribution is 0.293. The van der Waals surface area contributed by atoms with E-state index in [-0.39, 0.29) is 0 Å². The van der Waals surface area contributed by atoms with E-state index in [1.807, 2.05) is 12.1 Å². The molecule has 1 fully saturated rings. The summed E-state index contributed by atoms with van der Waals surface area (Å²) in [4.78, 5) is 4.22. The van der Waals surface area contributed by atoms with E-state index in [4.69, 9.17) is 5.26 Å². The van der Waals surface area contributed by atoms with Gasteiger partial charge in [0.1, 0.15) is 17.6 Å². The van der Waals surface area contributed by atoms with E-state index in [0.717, 1.165) is 24.2 Å². The van der Waals surface area contributed by atoms with Crippen molar-refractivity contribution in [2.24, 2.45) is 11.8 Å². The minimum absolute atomic E-state index is 0.479. The molecule has 1 N–H and O–H groups in total. The molecule has 3 nitrogen and oxygen atoms in total. The van der Waals surface area contributed by atoms with Crippen molar-refractivity contribution in [3.63, 3.8) is 0 Å². The molecule has 0 saturated heterocycles. The first kappa shape index (κ1) is 11.9. The molecule has 2 atom stereocenters. The number of anilines is 1. The summed E-state index contributed by atoms with van der Waals surface area (Å²) in [6.07, 6.45) is 5.35. The molecule has 0 bridgehead atoms. The largest absolute Gasteiger partial charge is 0.370 e. The summed E-state index contributed by atoms with van der Waals surface area (Å²) in [5.74, 6) is 2.43. The van der Waals surface area contributed by atoms with E-state index in [2.05, 4.69) is 23.3 Å². The minimum atomic E-state index is 0.479. The van der Waals surface area contributed by atoms with Crippen molar-refractivity contribution in [1.82, 2.24) is 4.98 Å². The summed E-state index contributed by atoms with van der Waals surface area (Å²) in [6, 6.07) is 7.59. The number of hydrogen-bond acceptors (Lipinski definition) is 3. The normalized spacial score (nSPS) is 24.0. The number of nitrogens with one attached hydrogen (secondary N) is 1. The van der Waals surface area contributed by atoms with Crippen LogP contribution in [0.3, 0.4) is 0 Å². The molecule has 17 heavy (non-hydrogen) atoms. The predicted octanol–water partition coefficient (Wildman–Crippen LogP) is 3.19. The molecule has 1 aromatic heterocycles. The van der Waals surface area contributed by atoms with Gasteiger partial charge in [-0.1, -0.05) is 25.8 Å². The molecule has 1 aromatic rings. The van der Waals surface area contributed by atoms with Gasteiger partial charge in [0.15, 0.2) is 0 Å². The number of nitriles is 1. The maximum atomic E-state index is 8.77. The Labute approximate surface area is 103 Å². The topological polar surface area (TPSA) is 48.7 Å². The molecule has 0 spiro atoms. The standard InChI is InChI=1S/C14H19N3/c1-11-4-2-5-12(8-11)10-16-14-7-3-6-13(9-15)17-14/h3,6-7,11-12H,2,4-5,8,10H2,1H3,(H,16,17). The number of pyridine rings is 1. The second-order valence-corrected chi connectivity index (χ2v) is 5.04. The van der Waals surface area contributed by atoms with Crippen LogP contribution in [0.25, 0.3) is 0 Å². The third kappa shape index (κ3) is 3.45. The lowest BCUT2D eigenvalue weighted by Crippen LogP contribution is -2.21. The molecule has 1 heterocycles. The van der Waals surface area contributed by atoms with Gasteiger partial charge in [0.2, 0.25) is 0 Å². The highest BCUT2D eigenvalue weighted by atomic mass is 15.0. The molecule has 0 aliphatic heterocycles. The third-order valence-electron chi connectivity index (χ3n) is 3.48. The fourth-order valence-electron chi connectivity index (χ4n) is 2.59. The highest BCUT2D eigenvalue weighted by Gasteiger charge is 2.18. The molecule has 90 valence electrons. The van der Waals surface area contributed by atoms with Crippen LogP contribution >= 0.6 is 0 Å². The van der Waals surface area contributed by atoms with Crippen LogP contribution < -0.4 is 5.32 Å². The first-order chi connectivity index (χ1) is 8.28. The highest BCUT2D eigenvalue weighted by Crippen LogP contribution is 2.28. The van der Waals surface area contributed by atoms with Gasteiger partial charge in [-0.2, -0.15) is 5.26 Å². The fraction of sp³-hybridized carbons (Fsp3) is 0.571. The Morgan fingerprint density at radius 1 is 1.47 bits per heavy atom. The van der Waals surface area contributed by atoms with Crippen LogP contribution in [0.4, 0.5) is 5.82 Å². The average Bonchev–Trinajstić information content (AvgIpc) is 2.37. The number of rotatable bonds is 3. The van der Waals surface area contributed by atoms with Crippen LogP contribution in [0, 0.1) is 23.2 Å². The first-order valence-corrected chi connectivity index (χ1v) is 6.39. The minimum Gasteiger partial charge on any atom is -0.370 e. The molecule has 0 amide bonds. The van der Waals surface area contributed by atoms with Crippen LogP contribution in [-0.2, 0) is 0 Å². The van der Waals surface area contributed by atoms with Crippen LogP contribution in [-0.4, -0.2) is 11.5 Å². The lowest BCUT2D eigenvalue weighted by Gasteiger charge is -2.26. The summed E-state index contributed by atoms with van der Waals surface area (Å²) in [5.41, 5.74) is 0.479. The summed E-state index contributed by atoms with van der Waals surface area (Å²) < 4.78 is 0. The van der Waals surface area contributed by atoms with E-state index in [1.165, 1.54) is 25.7 Å². The maximum Gasteiger partial charge on any atom is 0.142 e. The third-order valence-corrected chi connectivity index (χ3v) is 3.48. The van der Waals surface area contributed by atoms with Crippen LogP contribution in [0.2, 0.25) is 0 Å². The van der Waals surface area contributed by atoms with Gasteiger partial charge in [0, 0.05) is 6.54 Å². The van der Waals surface area contributed by atoms with Crippen molar-refractivity contribution in [2.45, 2.75) is 32.6 Å². The molecule has 2 rings (SSSR count). The quantitative estimate of drug-likeness (QED) is 0.866. The van der Waals surface area contributed by atoms with Gasteiger partial charge in [-0.3, -0.25) is 0 Å². The van der Waals surface area contributed by atoms with Gasteiger partial charge in [-0.15, -0.1) is 0 Å². The predicted molar refractivity (Wildman–Crippen MR) is 68.6 cm³/mol. The van der Waals surface area contributed by atoms with Crippen LogP contribution in [0.15, 0.2) is 18.2 Å². The Morgan fingerprint density at radius 2 is 2.35 bits per heavy atom. The van der Waals surface area contributed by atoms with E-state index in [0.29, 0.717) is 5.69 Å². The number of hydrogen-bond donors (Lipinski definition) is 1. The van der Waals surface area contributed by atoms with Crippen molar-refractivity contribution in [2.75, 3.05) is 11.9 Å². The average molecular weight is 229 g/mol. The van der Waals surface area contributed by atoms with E-state index < -0.39 is 0 Å². The molecular formula is C14H19N3. The van der Waals surface area contributed by atoms with Crippen molar-refractivity contribution >= 4 is 5.82 Å². The van der Waals surface area contributed by atoms with E-state index in [9.17, 15) is 0 Å². The highest BCUT2D eigenvalue weighted by molar-refractivity contribution is 5.38. The number of nitrogens with zero attached hydrogens (tertiary/aromatic N) is 2. The molecule has 1 aliphatic carbocycles. The second-order valence-electron chi connectivity index (χ2n) is 5.04. The fourth-order valence-corrected chi connectivity index (χ4v) is 2.59. The number of aromatic nitrogens is 1. The summed E-state index contributed by atoms with van der Waals surface area (Å²) >= 11 is 0. The van der Waals surface area contributed by atoms with Gasteiger partial charge in [-0.25, -0.2) is 4.98 Å². The van der Waals surface area contributed by atoms with Gasteiger partial charge < -0.3 is 5.32 Å². The second kappa shape index (κ2) is 5.67.